The zero-order valence-corrected chi connectivity index (χ0v) is 19.8. The van der Waals surface area contributed by atoms with E-state index in [9.17, 15) is 18.8 Å². The lowest BCUT2D eigenvalue weighted by molar-refractivity contribution is -0.136. The number of carbonyl (C=O) groups is 3. The third-order valence-corrected chi connectivity index (χ3v) is 5.86. The third-order valence-electron chi connectivity index (χ3n) is 5.86. The minimum absolute atomic E-state index is 0.131. The largest absolute Gasteiger partial charge is 0.353 e. The van der Waals surface area contributed by atoms with Crippen LogP contribution in [-0.4, -0.2) is 66.4 Å². The molecule has 1 saturated heterocycles. The zero-order chi connectivity index (χ0) is 25.0. The van der Waals surface area contributed by atoms with Gasteiger partial charge in [0.25, 0.3) is 0 Å². The molecule has 0 unspecified atom stereocenters. The molecule has 1 aromatic heterocycles. The van der Waals surface area contributed by atoms with Crippen LogP contribution in [0.4, 0.5) is 10.2 Å². The van der Waals surface area contributed by atoms with Crippen molar-refractivity contribution in [1.82, 2.24) is 20.5 Å². The highest BCUT2D eigenvalue weighted by Gasteiger charge is 2.29. The Morgan fingerprint density at radius 1 is 1.03 bits per heavy atom. The highest BCUT2D eigenvalue weighted by molar-refractivity contribution is 5.88. The summed E-state index contributed by atoms with van der Waals surface area (Å²) < 4.78 is 13.5. The molecule has 1 aliphatic heterocycles. The van der Waals surface area contributed by atoms with Crippen molar-refractivity contribution in [2.24, 2.45) is 0 Å². The van der Waals surface area contributed by atoms with Crippen LogP contribution in [0, 0.1) is 5.95 Å². The maximum absolute atomic E-state index is 13.5. The number of unbranched alkanes of at least 4 members (excludes halogenated alkanes) is 1. The van der Waals surface area contributed by atoms with Gasteiger partial charge in [-0.25, -0.2) is 4.98 Å². The van der Waals surface area contributed by atoms with E-state index in [0.29, 0.717) is 57.8 Å². The van der Waals surface area contributed by atoms with E-state index in [2.05, 4.69) is 22.2 Å². The van der Waals surface area contributed by atoms with E-state index in [1.54, 1.807) is 17.0 Å². The molecular weight excluding hydrogens is 449 g/mol. The summed E-state index contributed by atoms with van der Waals surface area (Å²) in [5.41, 5.74) is 0.875. The predicted octanol–water partition coefficient (Wildman–Crippen LogP) is 2.07. The number of carbonyl (C=O) groups excluding carboxylic acids is 3. The zero-order valence-electron chi connectivity index (χ0n) is 19.8. The molecule has 186 valence electrons. The minimum Gasteiger partial charge on any atom is -0.353 e. The molecule has 0 radical (unpaired) electrons. The summed E-state index contributed by atoms with van der Waals surface area (Å²) in [7, 11) is 0. The van der Waals surface area contributed by atoms with Crippen molar-refractivity contribution in [3.05, 3.63) is 72.7 Å². The minimum atomic E-state index is -0.653. The van der Waals surface area contributed by atoms with Gasteiger partial charge in [-0.1, -0.05) is 43.0 Å². The molecule has 1 fully saturated rings. The topological polar surface area (TPSA) is 94.6 Å². The highest BCUT2D eigenvalue weighted by atomic mass is 19.1. The summed E-state index contributed by atoms with van der Waals surface area (Å²) in [5, 5.41) is 5.63. The van der Waals surface area contributed by atoms with E-state index in [4.69, 9.17) is 0 Å². The van der Waals surface area contributed by atoms with E-state index >= 15 is 0 Å². The Morgan fingerprint density at radius 2 is 1.77 bits per heavy atom. The van der Waals surface area contributed by atoms with Crippen LogP contribution in [0.3, 0.4) is 0 Å². The number of halogens is 1. The molecule has 35 heavy (non-hydrogen) atoms. The number of pyridine rings is 1. The van der Waals surface area contributed by atoms with Crippen LogP contribution >= 0.6 is 0 Å². The Kier molecular flexibility index (Phi) is 9.77. The molecule has 9 heteroatoms. The summed E-state index contributed by atoms with van der Waals surface area (Å²) in [5.74, 6) is -0.567. The summed E-state index contributed by atoms with van der Waals surface area (Å²) in [4.78, 5) is 44.9. The first-order valence-corrected chi connectivity index (χ1v) is 11.9. The third kappa shape index (κ3) is 8.20. The van der Waals surface area contributed by atoms with Crippen LogP contribution < -0.4 is 15.5 Å². The van der Waals surface area contributed by atoms with Gasteiger partial charge >= 0.3 is 0 Å². The van der Waals surface area contributed by atoms with Crippen LogP contribution in [0.25, 0.3) is 0 Å². The molecule has 1 aliphatic rings. The first-order chi connectivity index (χ1) is 17.0. The van der Waals surface area contributed by atoms with E-state index in [-0.39, 0.29) is 24.1 Å². The molecule has 1 atom stereocenters. The number of nitrogens with zero attached hydrogens (tertiary/aromatic N) is 3. The summed E-state index contributed by atoms with van der Waals surface area (Å²) in [6.07, 6.45) is 3.21. The van der Waals surface area contributed by atoms with E-state index in [1.807, 2.05) is 35.2 Å². The van der Waals surface area contributed by atoms with Gasteiger partial charge in [0.2, 0.25) is 23.7 Å². The molecule has 1 aromatic carbocycles. The van der Waals surface area contributed by atoms with Crippen molar-refractivity contribution >= 4 is 23.5 Å². The van der Waals surface area contributed by atoms with Gasteiger partial charge in [-0.15, -0.1) is 0 Å². The average Bonchev–Trinajstić information content (AvgIpc) is 2.88. The van der Waals surface area contributed by atoms with Crippen molar-refractivity contribution in [3.8, 4) is 0 Å². The molecule has 3 rings (SSSR count). The Bertz CT molecular complexity index is 1010. The Labute approximate surface area is 205 Å². The first-order valence-electron chi connectivity index (χ1n) is 11.9. The number of nitrogens with one attached hydrogen (secondary N) is 2. The van der Waals surface area contributed by atoms with Crippen molar-refractivity contribution in [2.45, 2.75) is 31.7 Å². The standard InChI is InChI=1S/C26H32FN5O3/c1-2-24(33)28-14-7-6-11-21(29-25(34)19-20-9-4-3-5-10-20)26(35)32-17-15-31(16-18-32)23-13-8-12-22(27)30-23/h2-5,8-10,12-13,21H,1,6-7,11,14-19H2,(H,28,33)(H,29,34)/t21-/m0/s1. The number of aromatic nitrogens is 1. The lowest BCUT2D eigenvalue weighted by Crippen LogP contribution is -2.55. The van der Waals surface area contributed by atoms with E-state index in [0.717, 1.165) is 5.56 Å². The molecule has 0 bridgehead atoms. The number of amides is 3. The van der Waals surface area contributed by atoms with Gasteiger partial charge < -0.3 is 20.4 Å². The number of hydrogen-bond acceptors (Lipinski definition) is 5. The molecule has 0 spiro atoms. The molecule has 0 saturated carbocycles. The fraction of sp³-hybridized carbons (Fsp3) is 0.385. The second-order valence-corrected chi connectivity index (χ2v) is 8.40. The molecule has 2 heterocycles. The van der Waals surface area contributed by atoms with Crippen LogP contribution in [0.1, 0.15) is 24.8 Å². The molecule has 8 nitrogen and oxygen atoms in total. The summed E-state index contributed by atoms with van der Waals surface area (Å²) in [6.45, 7) is 5.87. The maximum atomic E-state index is 13.5. The number of anilines is 1. The summed E-state index contributed by atoms with van der Waals surface area (Å²) >= 11 is 0. The van der Waals surface area contributed by atoms with Crippen molar-refractivity contribution in [1.29, 1.82) is 0 Å². The Hall–Kier alpha value is -3.75. The molecule has 3 amide bonds. The fourth-order valence-corrected chi connectivity index (χ4v) is 3.99. The van der Waals surface area contributed by atoms with Crippen LogP contribution in [0.2, 0.25) is 0 Å². The molecule has 2 N–H and O–H groups in total. The molecular formula is C26H32FN5O3. The van der Waals surface area contributed by atoms with Gasteiger partial charge in [-0.3, -0.25) is 14.4 Å². The van der Waals surface area contributed by atoms with E-state index in [1.165, 1.54) is 12.1 Å². The van der Waals surface area contributed by atoms with Crippen molar-refractivity contribution in [2.75, 3.05) is 37.6 Å². The van der Waals surface area contributed by atoms with Crippen LogP contribution in [-0.2, 0) is 20.8 Å². The Balaban J connectivity index is 1.57. The number of benzene rings is 1. The lowest BCUT2D eigenvalue weighted by atomic mass is 10.1. The summed E-state index contributed by atoms with van der Waals surface area (Å²) in [6, 6.07) is 13.4. The lowest BCUT2D eigenvalue weighted by Gasteiger charge is -2.37. The number of hydrogen-bond donors (Lipinski definition) is 2. The quantitative estimate of drug-likeness (QED) is 0.291. The monoisotopic (exact) mass is 481 g/mol. The fourth-order valence-electron chi connectivity index (χ4n) is 3.99. The average molecular weight is 482 g/mol. The van der Waals surface area contributed by atoms with Gasteiger partial charge in [0, 0.05) is 32.7 Å². The van der Waals surface area contributed by atoms with Gasteiger partial charge in [0.05, 0.1) is 6.42 Å². The second kappa shape index (κ2) is 13.2. The van der Waals surface area contributed by atoms with Crippen molar-refractivity contribution < 1.29 is 18.8 Å². The molecule has 0 aliphatic carbocycles. The molecule has 2 aromatic rings. The van der Waals surface area contributed by atoms with Gasteiger partial charge in [0.1, 0.15) is 11.9 Å². The van der Waals surface area contributed by atoms with Gasteiger partial charge in [-0.05, 0) is 43.0 Å². The first kappa shape index (κ1) is 25.9. The predicted molar refractivity (Wildman–Crippen MR) is 132 cm³/mol. The van der Waals surface area contributed by atoms with Crippen LogP contribution in [0.15, 0.2) is 61.2 Å². The highest BCUT2D eigenvalue weighted by Crippen LogP contribution is 2.15. The number of rotatable bonds is 11. The van der Waals surface area contributed by atoms with Crippen LogP contribution in [0.5, 0.6) is 0 Å². The maximum Gasteiger partial charge on any atom is 0.245 e. The Morgan fingerprint density at radius 3 is 2.46 bits per heavy atom. The number of piperazine rings is 1. The SMILES string of the molecule is C=CC(=O)NCCCC[C@H](NC(=O)Cc1ccccc1)C(=O)N1CCN(c2cccc(F)n2)CC1. The second-order valence-electron chi connectivity index (χ2n) is 8.40. The van der Waals surface area contributed by atoms with Gasteiger partial charge in [-0.2, -0.15) is 4.39 Å². The van der Waals surface area contributed by atoms with Gasteiger partial charge in [0.15, 0.2) is 0 Å². The van der Waals surface area contributed by atoms with E-state index < -0.39 is 12.0 Å². The van der Waals surface area contributed by atoms with Crippen molar-refractivity contribution in [3.63, 3.8) is 0 Å². The smallest absolute Gasteiger partial charge is 0.245 e. The normalized spacial score (nSPS) is 14.2.